The first-order valence-corrected chi connectivity index (χ1v) is 9.02. The van der Waals surface area contributed by atoms with E-state index in [0.29, 0.717) is 28.1 Å². The molecular weight excluding hydrogens is 429 g/mol. The summed E-state index contributed by atoms with van der Waals surface area (Å²) < 4.78 is 13.4. The average Bonchev–Trinajstić information content (AvgIpc) is 2.75. The van der Waals surface area contributed by atoms with E-state index in [9.17, 15) is 19.7 Å². The van der Waals surface area contributed by atoms with E-state index in [1.165, 1.54) is 49.2 Å². The van der Waals surface area contributed by atoms with Gasteiger partial charge in [-0.05, 0) is 30.3 Å². The van der Waals surface area contributed by atoms with Gasteiger partial charge in [0.25, 0.3) is 0 Å². The number of fused-ring (bicyclic) bond motifs is 1. The van der Waals surface area contributed by atoms with E-state index in [2.05, 4.69) is 35.8 Å². The third kappa shape index (κ3) is 4.21. The standard InChI is InChI=1S/C19H13ClFN7O3/c20-11-5-10(1-2-12(11)21)27-18-15-16(23-7-24-18)19(25-8-22-15)28-26-6-9-3-13(29)17(31)14(30)4-9/h1-8,29-31H,(H,22,25,28)(H,23,24,27)/b26-6+. The molecule has 0 spiro atoms. The van der Waals surface area contributed by atoms with Gasteiger partial charge in [-0.15, -0.1) is 0 Å². The molecule has 0 aliphatic heterocycles. The number of aromatic hydroxyl groups is 3. The lowest BCUT2D eigenvalue weighted by atomic mass is 10.2. The van der Waals surface area contributed by atoms with Crippen LogP contribution in [0.1, 0.15) is 5.56 Å². The smallest absolute Gasteiger partial charge is 0.200 e. The number of halogens is 2. The van der Waals surface area contributed by atoms with Crippen molar-refractivity contribution in [1.29, 1.82) is 0 Å². The van der Waals surface area contributed by atoms with E-state index in [1.54, 1.807) is 0 Å². The largest absolute Gasteiger partial charge is 0.504 e. The van der Waals surface area contributed by atoms with Crippen molar-refractivity contribution in [2.24, 2.45) is 5.10 Å². The second-order valence-corrected chi connectivity index (χ2v) is 6.58. The Labute approximate surface area is 178 Å². The number of phenolic OH excluding ortho intramolecular Hbond substituents is 3. The minimum absolute atomic E-state index is 0.0408. The summed E-state index contributed by atoms with van der Waals surface area (Å²) in [6, 6.07) is 6.58. The number of hydrogen-bond acceptors (Lipinski definition) is 10. The number of rotatable bonds is 5. The van der Waals surface area contributed by atoms with Crippen LogP contribution in [0.25, 0.3) is 11.0 Å². The summed E-state index contributed by atoms with van der Waals surface area (Å²) in [5.41, 5.74) is 4.25. The van der Waals surface area contributed by atoms with E-state index in [4.69, 9.17) is 11.6 Å². The fourth-order valence-electron chi connectivity index (χ4n) is 2.63. The monoisotopic (exact) mass is 441 g/mol. The topological polar surface area (TPSA) is 149 Å². The van der Waals surface area contributed by atoms with Gasteiger partial charge in [-0.2, -0.15) is 5.10 Å². The molecule has 4 aromatic rings. The summed E-state index contributed by atoms with van der Waals surface area (Å²) in [7, 11) is 0. The number of hydrazone groups is 1. The van der Waals surface area contributed by atoms with Crippen molar-refractivity contribution in [3.05, 3.63) is 59.4 Å². The lowest BCUT2D eigenvalue weighted by molar-refractivity contribution is 0.368. The molecule has 5 N–H and O–H groups in total. The normalized spacial score (nSPS) is 11.2. The maximum absolute atomic E-state index is 13.4. The zero-order valence-electron chi connectivity index (χ0n) is 15.5. The van der Waals surface area contributed by atoms with Gasteiger partial charge in [-0.3, -0.25) is 5.43 Å². The van der Waals surface area contributed by atoms with E-state index in [-0.39, 0.29) is 10.8 Å². The van der Waals surface area contributed by atoms with Gasteiger partial charge in [0.05, 0.1) is 11.2 Å². The molecule has 0 saturated heterocycles. The SMILES string of the molecule is Oc1cc(/C=N/Nc2ncnc3c(Nc4ccc(F)c(Cl)c4)ncnc23)cc(O)c1O. The Hall–Kier alpha value is -4.25. The van der Waals surface area contributed by atoms with Gasteiger partial charge >= 0.3 is 0 Å². The predicted octanol–water partition coefficient (Wildman–Crippen LogP) is 3.52. The Morgan fingerprint density at radius 1 is 0.903 bits per heavy atom. The highest BCUT2D eigenvalue weighted by molar-refractivity contribution is 6.31. The van der Waals surface area contributed by atoms with Crippen LogP contribution in [0.3, 0.4) is 0 Å². The molecule has 2 aromatic carbocycles. The summed E-state index contributed by atoms with van der Waals surface area (Å²) in [6.07, 6.45) is 3.88. The minimum atomic E-state index is -0.619. The van der Waals surface area contributed by atoms with Crippen LogP contribution in [0, 0.1) is 5.82 Å². The van der Waals surface area contributed by atoms with Gasteiger partial charge in [0.1, 0.15) is 29.5 Å². The predicted molar refractivity (Wildman–Crippen MR) is 112 cm³/mol. The second kappa shape index (κ2) is 8.24. The summed E-state index contributed by atoms with van der Waals surface area (Å²) in [6.45, 7) is 0. The molecule has 2 heterocycles. The number of anilines is 3. The van der Waals surface area contributed by atoms with Crippen LogP contribution < -0.4 is 10.7 Å². The molecule has 0 saturated carbocycles. The van der Waals surface area contributed by atoms with Gasteiger partial charge in [-0.1, -0.05) is 11.6 Å². The van der Waals surface area contributed by atoms with Crippen molar-refractivity contribution in [3.8, 4) is 17.2 Å². The van der Waals surface area contributed by atoms with Crippen molar-refractivity contribution in [3.63, 3.8) is 0 Å². The van der Waals surface area contributed by atoms with Crippen LogP contribution in [-0.4, -0.2) is 41.5 Å². The third-order valence-electron chi connectivity index (χ3n) is 4.08. The van der Waals surface area contributed by atoms with Gasteiger partial charge in [0, 0.05) is 11.3 Å². The molecule has 0 radical (unpaired) electrons. The molecule has 0 bridgehead atoms. The number of phenols is 3. The number of hydrogen-bond donors (Lipinski definition) is 5. The van der Waals surface area contributed by atoms with Gasteiger partial charge in [0.15, 0.2) is 28.9 Å². The Bertz CT molecular complexity index is 1300. The van der Waals surface area contributed by atoms with Crippen LogP contribution in [0.15, 0.2) is 48.1 Å². The summed E-state index contributed by atoms with van der Waals surface area (Å²) in [4.78, 5) is 16.6. The van der Waals surface area contributed by atoms with E-state index >= 15 is 0 Å². The zero-order chi connectivity index (χ0) is 22.0. The minimum Gasteiger partial charge on any atom is -0.504 e. The van der Waals surface area contributed by atoms with E-state index in [1.807, 2.05) is 0 Å². The van der Waals surface area contributed by atoms with Crippen LogP contribution in [0.2, 0.25) is 5.02 Å². The quantitative estimate of drug-likeness (QED) is 0.178. The van der Waals surface area contributed by atoms with Gasteiger partial charge < -0.3 is 20.6 Å². The Morgan fingerprint density at radius 2 is 1.55 bits per heavy atom. The molecule has 0 aliphatic rings. The Balaban J connectivity index is 1.61. The van der Waals surface area contributed by atoms with Crippen LogP contribution in [0.5, 0.6) is 17.2 Å². The number of nitrogens with one attached hydrogen (secondary N) is 2. The maximum atomic E-state index is 13.4. The van der Waals surface area contributed by atoms with E-state index < -0.39 is 23.1 Å². The fraction of sp³-hybridized carbons (Fsp3) is 0. The first kappa shape index (κ1) is 20.0. The molecule has 2 aromatic heterocycles. The highest BCUT2D eigenvalue weighted by Gasteiger charge is 2.11. The zero-order valence-corrected chi connectivity index (χ0v) is 16.2. The molecule has 4 rings (SSSR count). The Kier molecular flexibility index (Phi) is 5.33. The van der Waals surface area contributed by atoms with Crippen molar-refractivity contribution in [2.75, 3.05) is 10.7 Å². The van der Waals surface area contributed by atoms with Crippen LogP contribution in [-0.2, 0) is 0 Å². The highest BCUT2D eigenvalue weighted by atomic mass is 35.5. The van der Waals surface area contributed by atoms with Crippen molar-refractivity contribution >= 4 is 46.2 Å². The van der Waals surface area contributed by atoms with Crippen molar-refractivity contribution in [1.82, 2.24) is 19.9 Å². The second-order valence-electron chi connectivity index (χ2n) is 6.17. The first-order valence-electron chi connectivity index (χ1n) is 8.64. The average molecular weight is 442 g/mol. The molecule has 0 aliphatic carbocycles. The lowest BCUT2D eigenvalue weighted by Crippen LogP contribution is -2.02. The van der Waals surface area contributed by atoms with Gasteiger partial charge in [0.2, 0.25) is 0 Å². The number of aromatic nitrogens is 4. The third-order valence-corrected chi connectivity index (χ3v) is 4.37. The Morgan fingerprint density at radius 3 is 2.23 bits per heavy atom. The lowest BCUT2D eigenvalue weighted by Gasteiger charge is -2.09. The van der Waals surface area contributed by atoms with E-state index in [0.717, 1.165) is 0 Å². The summed E-state index contributed by atoms with van der Waals surface area (Å²) >= 11 is 5.81. The van der Waals surface area contributed by atoms with Crippen LogP contribution >= 0.6 is 11.6 Å². The number of benzene rings is 2. The highest BCUT2D eigenvalue weighted by Crippen LogP contribution is 2.34. The molecule has 12 heteroatoms. The number of nitrogens with zero attached hydrogens (tertiary/aromatic N) is 5. The molecule has 0 atom stereocenters. The van der Waals surface area contributed by atoms with Crippen LogP contribution in [0.4, 0.5) is 21.7 Å². The molecule has 156 valence electrons. The summed E-state index contributed by atoms with van der Waals surface area (Å²) in [5.74, 6) is -1.53. The molecule has 10 nitrogen and oxygen atoms in total. The van der Waals surface area contributed by atoms with Gasteiger partial charge in [-0.25, -0.2) is 24.3 Å². The first-order chi connectivity index (χ1) is 14.9. The molecule has 31 heavy (non-hydrogen) atoms. The maximum Gasteiger partial charge on any atom is 0.200 e. The molecule has 0 unspecified atom stereocenters. The van der Waals surface area contributed by atoms with Crippen molar-refractivity contribution < 1.29 is 19.7 Å². The molecular formula is C19H13ClFN7O3. The fourth-order valence-corrected chi connectivity index (χ4v) is 2.81. The molecule has 0 amide bonds. The summed E-state index contributed by atoms with van der Waals surface area (Å²) in [5, 5.41) is 35.5. The van der Waals surface area contributed by atoms with Crippen molar-refractivity contribution in [2.45, 2.75) is 0 Å². The molecule has 0 fully saturated rings.